The zero-order chi connectivity index (χ0) is 48.5. The van der Waals surface area contributed by atoms with Gasteiger partial charge in [0.05, 0.1) is 84.7 Å². The van der Waals surface area contributed by atoms with Gasteiger partial charge in [-0.2, -0.15) is 4.58 Å². The number of hydrogen-bond acceptors (Lipinski definition) is 13. The average molecular weight is 947 g/mol. The summed E-state index contributed by atoms with van der Waals surface area (Å²) < 4.78 is 47.1. The van der Waals surface area contributed by atoms with Gasteiger partial charge >= 0.3 is 5.97 Å². The van der Waals surface area contributed by atoms with Crippen LogP contribution >= 0.6 is 0 Å². The summed E-state index contributed by atoms with van der Waals surface area (Å²) in [6.07, 6.45) is 14.8. The lowest BCUT2D eigenvalue weighted by molar-refractivity contribution is -0.438. The van der Waals surface area contributed by atoms with Crippen LogP contribution in [0.15, 0.2) is 84.6 Å². The molecule has 3 aliphatic rings. The summed E-state index contributed by atoms with van der Waals surface area (Å²) in [5, 5.41) is 0.616. The Morgan fingerprint density at radius 2 is 1.16 bits per heavy atom. The highest BCUT2D eigenvalue weighted by Gasteiger charge is 2.47. The van der Waals surface area contributed by atoms with E-state index in [1.54, 1.807) is 14.2 Å². The molecule has 0 radical (unpaired) electrons. The highest BCUT2D eigenvalue weighted by molar-refractivity contribution is 6.03. The minimum atomic E-state index is -0.569. The van der Waals surface area contributed by atoms with E-state index in [2.05, 4.69) is 109 Å². The number of rotatable bonds is 35. The lowest BCUT2D eigenvalue weighted by Crippen LogP contribution is -2.33. The summed E-state index contributed by atoms with van der Waals surface area (Å²) in [7, 11) is 3.31. The van der Waals surface area contributed by atoms with Crippen molar-refractivity contribution in [2.45, 2.75) is 83.0 Å². The Labute approximate surface area is 403 Å². The van der Waals surface area contributed by atoms with Crippen LogP contribution in [0.1, 0.15) is 83.3 Å². The van der Waals surface area contributed by atoms with Crippen molar-refractivity contribution in [3.63, 3.8) is 0 Å². The second kappa shape index (κ2) is 29.4. The number of fused-ring (bicyclic) bond motifs is 2. The molecule has 0 aliphatic carbocycles. The molecular formula is C53H76N3O12+. The molecule has 3 aliphatic heterocycles. The van der Waals surface area contributed by atoms with Crippen LogP contribution in [-0.4, -0.2) is 153 Å². The fraction of sp³-hybridized carbons (Fsp3) is 0.585. The van der Waals surface area contributed by atoms with Crippen molar-refractivity contribution in [3.8, 4) is 0 Å². The smallest absolute Gasteiger partial charge is 0.333 e. The Bertz CT molecular complexity index is 2000. The van der Waals surface area contributed by atoms with Gasteiger partial charge in [-0.25, -0.2) is 4.79 Å². The molecule has 5 rings (SSSR count). The van der Waals surface area contributed by atoms with Gasteiger partial charge in [0.2, 0.25) is 5.69 Å². The van der Waals surface area contributed by atoms with Gasteiger partial charge < -0.3 is 47.6 Å². The Balaban J connectivity index is 1.27. The molecule has 15 heteroatoms. The standard InChI is InChI=1S/C53H76N3O12/c1-6-54-45-19-14-12-17-43(45)52(2,26-29-62-35-37-66-41-39-64-33-31-60-4)47(54)21-9-7-10-22-48-53(3,27-30-63-36-38-67-42-40-65-34-32-61-5)44-18-13-15-20-46(44)55(48)28-16-8-11-23-51(59)68-56-49(57)24-25-50(56)58/h7,9-10,12-15,17-22H,6,8,11,16,23-42H2,1-5H3/q+1. The number of nitrogens with zero attached hydrogens (tertiary/aromatic N) is 3. The van der Waals surface area contributed by atoms with Crippen LogP contribution in [0.2, 0.25) is 0 Å². The third-order valence-electron chi connectivity index (χ3n) is 12.6. The molecule has 2 atom stereocenters. The van der Waals surface area contributed by atoms with Crippen molar-refractivity contribution >= 4 is 34.9 Å². The normalized spacial score (nSPS) is 19.8. The van der Waals surface area contributed by atoms with E-state index in [0.29, 0.717) is 104 Å². The predicted molar refractivity (Wildman–Crippen MR) is 260 cm³/mol. The third kappa shape index (κ3) is 15.5. The Morgan fingerprint density at radius 1 is 0.632 bits per heavy atom. The van der Waals surface area contributed by atoms with Crippen molar-refractivity contribution in [3.05, 3.63) is 95.7 Å². The molecule has 2 amide bonds. The molecule has 1 fully saturated rings. The van der Waals surface area contributed by atoms with Gasteiger partial charge in [0.15, 0.2) is 5.71 Å². The number of para-hydroxylation sites is 2. The monoisotopic (exact) mass is 947 g/mol. The maximum Gasteiger partial charge on any atom is 0.333 e. The Morgan fingerprint density at radius 3 is 1.75 bits per heavy atom. The SMILES string of the molecule is CCN1/C(=C/C=C/C=C/C2=[N+](CCCCCC(=O)ON3C(=O)CCC3=O)c3ccccc3C2(C)CCOCCOCCOCCOC)C(C)(CCOCCOCCOCCOC)c2ccccc21. The van der Waals surface area contributed by atoms with Crippen molar-refractivity contribution in [1.29, 1.82) is 0 Å². The number of imide groups is 1. The first kappa shape index (κ1) is 54.4. The maximum atomic E-state index is 12.5. The number of likely N-dealkylation sites (N-methyl/N-ethyl adjacent to an activating group) is 1. The number of benzene rings is 2. The van der Waals surface area contributed by atoms with E-state index in [1.807, 2.05) is 0 Å². The number of carbonyl (C=O) groups is 3. The van der Waals surface area contributed by atoms with Gasteiger partial charge in [-0.1, -0.05) is 54.6 Å². The van der Waals surface area contributed by atoms with Crippen LogP contribution in [0.4, 0.5) is 11.4 Å². The lowest BCUT2D eigenvalue weighted by Gasteiger charge is -2.30. The number of hydroxylamine groups is 2. The van der Waals surface area contributed by atoms with Crippen molar-refractivity contribution in [2.75, 3.05) is 125 Å². The van der Waals surface area contributed by atoms with Gasteiger partial charge in [0.1, 0.15) is 6.54 Å². The van der Waals surface area contributed by atoms with E-state index in [1.165, 1.54) is 28.2 Å². The highest BCUT2D eigenvalue weighted by atomic mass is 16.7. The van der Waals surface area contributed by atoms with Crippen LogP contribution in [0.3, 0.4) is 0 Å². The molecule has 374 valence electrons. The van der Waals surface area contributed by atoms with Gasteiger partial charge in [-0.15, -0.1) is 5.06 Å². The number of amides is 2. The molecule has 0 aromatic heterocycles. The summed E-state index contributed by atoms with van der Waals surface area (Å²) >= 11 is 0. The number of methoxy groups -OCH3 is 2. The van der Waals surface area contributed by atoms with Gasteiger partial charge in [0, 0.05) is 94.2 Å². The first-order valence-corrected chi connectivity index (χ1v) is 24.4. The fourth-order valence-electron chi connectivity index (χ4n) is 8.94. The van der Waals surface area contributed by atoms with Gasteiger partial charge in [-0.3, -0.25) is 9.59 Å². The molecule has 3 heterocycles. The summed E-state index contributed by atoms with van der Waals surface area (Å²) in [5.74, 6) is -1.51. The summed E-state index contributed by atoms with van der Waals surface area (Å²) in [4.78, 5) is 43.9. The first-order valence-electron chi connectivity index (χ1n) is 24.4. The second-order valence-corrected chi connectivity index (χ2v) is 17.3. The molecule has 0 N–H and O–H groups in total. The number of ether oxygens (including phenoxy) is 8. The van der Waals surface area contributed by atoms with Crippen LogP contribution in [0, 0.1) is 0 Å². The molecule has 1 saturated heterocycles. The minimum absolute atomic E-state index is 0.0721. The van der Waals surface area contributed by atoms with Crippen LogP contribution in [0.5, 0.6) is 0 Å². The van der Waals surface area contributed by atoms with E-state index in [-0.39, 0.29) is 30.1 Å². The highest BCUT2D eigenvalue weighted by Crippen LogP contribution is 2.50. The quantitative estimate of drug-likeness (QED) is 0.0298. The number of unbranched alkanes of at least 4 members (excludes halogenated alkanes) is 2. The van der Waals surface area contributed by atoms with Crippen LogP contribution in [0.25, 0.3) is 0 Å². The minimum Gasteiger partial charge on any atom is -0.382 e. The number of hydrogen-bond donors (Lipinski definition) is 0. The molecule has 68 heavy (non-hydrogen) atoms. The van der Waals surface area contributed by atoms with Gasteiger partial charge in [0.25, 0.3) is 11.8 Å². The molecule has 0 saturated carbocycles. The van der Waals surface area contributed by atoms with E-state index in [9.17, 15) is 14.4 Å². The third-order valence-corrected chi connectivity index (χ3v) is 12.6. The van der Waals surface area contributed by atoms with E-state index >= 15 is 0 Å². The van der Waals surface area contributed by atoms with E-state index < -0.39 is 17.8 Å². The van der Waals surface area contributed by atoms with Crippen LogP contribution in [-0.2, 0) is 67.9 Å². The largest absolute Gasteiger partial charge is 0.382 e. The fourth-order valence-corrected chi connectivity index (χ4v) is 8.94. The molecule has 2 unspecified atom stereocenters. The van der Waals surface area contributed by atoms with Crippen molar-refractivity contribution in [2.24, 2.45) is 0 Å². The molecular weight excluding hydrogens is 871 g/mol. The summed E-state index contributed by atoms with van der Waals surface area (Å²) in [6, 6.07) is 17.2. The lowest BCUT2D eigenvalue weighted by atomic mass is 9.76. The second-order valence-electron chi connectivity index (χ2n) is 17.3. The molecule has 2 aromatic carbocycles. The van der Waals surface area contributed by atoms with Gasteiger partial charge in [-0.05, 0) is 64.2 Å². The first-order chi connectivity index (χ1) is 33.2. The van der Waals surface area contributed by atoms with E-state index in [4.69, 9.17) is 42.7 Å². The maximum absolute atomic E-state index is 12.5. The molecule has 15 nitrogen and oxygen atoms in total. The average Bonchev–Trinajstić information content (AvgIpc) is 3.88. The zero-order valence-electron chi connectivity index (χ0n) is 41.2. The predicted octanol–water partition coefficient (Wildman–Crippen LogP) is 7.18. The molecule has 2 aromatic rings. The van der Waals surface area contributed by atoms with E-state index in [0.717, 1.165) is 44.5 Å². The zero-order valence-corrected chi connectivity index (χ0v) is 41.2. The topological polar surface area (TPSA) is 144 Å². The molecule has 0 spiro atoms. The number of allylic oxidation sites excluding steroid dienone is 6. The van der Waals surface area contributed by atoms with Crippen molar-refractivity contribution in [1.82, 2.24) is 5.06 Å². The van der Waals surface area contributed by atoms with Crippen LogP contribution < -0.4 is 4.90 Å². The number of carbonyl (C=O) groups excluding carboxylic acids is 3. The summed E-state index contributed by atoms with van der Waals surface area (Å²) in [6.45, 7) is 15.8. The number of anilines is 1. The Hall–Kier alpha value is -4.58. The van der Waals surface area contributed by atoms with Crippen molar-refractivity contribution < 1.29 is 61.7 Å². The molecule has 0 bridgehead atoms. The summed E-state index contributed by atoms with van der Waals surface area (Å²) in [5.41, 5.74) is 6.71. The Kier molecular flexibility index (Phi) is 23.5.